The lowest BCUT2D eigenvalue weighted by atomic mass is 9.89. The first-order valence-electron chi connectivity index (χ1n) is 45.3. The molecule has 6 saturated heterocycles. The summed E-state index contributed by atoms with van der Waals surface area (Å²) in [4.78, 5) is 84.3. The van der Waals surface area contributed by atoms with Crippen molar-refractivity contribution in [1.82, 2.24) is 14.9 Å². The average Bonchev–Trinajstić information content (AvgIpc) is 0.732. The second kappa shape index (κ2) is 57.8. The van der Waals surface area contributed by atoms with Crippen LogP contribution in [0.4, 0.5) is 0 Å². The molecule has 61 nitrogen and oxygen atoms in total. The molecule has 8 rings (SSSR count). The fourth-order valence-electron chi connectivity index (χ4n) is 17.4. The van der Waals surface area contributed by atoms with E-state index in [0.29, 0.717) is 59.5 Å². The predicted octanol–water partition coefficient (Wildman–Crippen LogP) is -3.09. The number of amidine groups is 1. The molecular formula is C81H127N5O56S7. The van der Waals surface area contributed by atoms with E-state index in [1.54, 1.807) is 56.0 Å². The van der Waals surface area contributed by atoms with Gasteiger partial charge >= 0.3 is 74.3 Å². The Morgan fingerprint density at radius 1 is 0.456 bits per heavy atom. The number of amides is 2. The average molecular weight is 2290 g/mol. The smallest absolute Gasteiger partial charge is 0.397 e. The Balaban J connectivity index is 0.876. The number of nitrogens with zero attached hydrogens (tertiary/aromatic N) is 1. The molecule has 68 heteroatoms. The van der Waals surface area contributed by atoms with Crippen molar-refractivity contribution in [3.05, 3.63) is 58.1 Å². The molecule has 0 spiro atoms. The number of benzene rings is 2. The molecular weight excluding hydrogens is 2160 g/mol. The van der Waals surface area contributed by atoms with E-state index in [0.717, 1.165) is 76.1 Å². The number of nitrogen functional groups attached to an aromatic ring is 1. The molecule has 0 aromatic heterocycles. The summed E-state index contributed by atoms with van der Waals surface area (Å²) >= 11 is 0. The third-order valence-corrected chi connectivity index (χ3v) is 28.6. The molecule has 27 atom stereocenters. The molecule has 854 valence electrons. The first kappa shape index (κ1) is 127. The lowest BCUT2D eigenvalue weighted by Gasteiger charge is -2.51. The number of likely N-dealkylation sites (tertiary alicyclic amines) is 1. The molecule has 0 aliphatic carbocycles. The molecule has 2 amide bonds. The summed E-state index contributed by atoms with van der Waals surface area (Å²) in [6.07, 6.45) is -53.9. The van der Waals surface area contributed by atoms with Crippen molar-refractivity contribution < 1.29 is 255 Å². The summed E-state index contributed by atoms with van der Waals surface area (Å²) in [6.45, 7) is 1.02. The number of rotatable bonds is 64. The number of ketones is 2. The van der Waals surface area contributed by atoms with Crippen molar-refractivity contribution in [2.75, 3.05) is 143 Å². The van der Waals surface area contributed by atoms with E-state index in [1.807, 2.05) is 0 Å². The number of hydrogen-bond donors (Lipinski definition) is 12. The number of sulfonamides is 1. The van der Waals surface area contributed by atoms with Crippen LogP contribution in [0.5, 0.6) is 5.75 Å². The van der Waals surface area contributed by atoms with E-state index < -0.39 is 294 Å². The summed E-state index contributed by atoms with van der Waals surface area (Å²) in [5.74, 6) is -6.77. The lowest BCUT2D eigenvalue weighted by molar-refractivity contribution is -0.389. The maximum Gasteiger partial charge on any atom is 0.397 e. The Hall–Kier alpha value is -6.78. The van der Waals surface area contributed by atoms with Gasteiger partial charge in [-0.3, -0.25) is 51.9 Å². The van der Waals surface area contributed by atoms with Crippen molar-refractivity contribution in [3.63, 3.8) is 0 Å². The zero-order valence-corrected chi connectivity index (χ0v) is 88.0. The summed E-state index contributed by atoms with van der Waals surface area (Å²) in [6, 6.07) is 6.53. The Kier molecular flexibility index (Phi) is 49.4. The van der Waals surface area contributed by atoms with Crippen LogP contribution in [0.3, 0.4) is 0 Å². The number of aryl methyl sites for hydroxylation is 1. The van der Waals surface area contributed by atoms with Gasteiger partial charge in [0.2, 0.25) is 21.8 Å². The number of methoxy groups -OCH3 is 9. The van der Waals surface area contributed by atoms with Gasteiger partial charge < -0.3 is 130 Å². The van der Waals surface area contributed by atoms with Gasteiger partial charge in [0.1, 0.15) is 122 Å². The number of carbonyl (C=O) groups is 6. The van der Waals surface area contributed by atoms with Crippen molar-refractivity contribution >= 4 is 114 Å². The number of ether oxygens (including phenoxy) is 22. The van der Waals surface area contributed by atoms with Crippen LogP contribution in [-0.2, 0) is 232 Å². The number of aliphatic carboxylic acids is 2. The summed E-state index contributed by atoms with van der Waals surface area (Å²) in [7, 11) is -30.2. The molecule has 13 N–H and O–H groups in total. The van der Waals surface area contributed by atoms with Gasteiger partial charge in [-0.2, -0.15) is 50.5 Å². The monoisotopic (exact) mass is 2290 g/mol. The third-order valence-electron chi connectivity index (χ3n) is 24.1. The van der Waals surface area contributed by atoms with Crippen LogP contribution >= 0.6 is 0 Å². The summed E-state index contributed by atoms with van der Waals surface area (Å²) < 4.78 is 395. The van der Waals surface area contributed by atoms with Gasteiger partial charge in [-0.25, -0.2) is 47.8 Å². The van der Waals surface area contributed by atoms with E-state index in [-0.39, 0.29) is 94.5 Å². The van der Waals surface area contributed by atoms with E-state index in [4.69, 9.17) is 128 Å². The largest absolute Gasteiger partial charge is 0.496 e. The summed E-state index contributed by atoms with van der Waals surface area (Å²) in [5, 5.41) is 32.4. The molecule has 4 unspecified atom stereocenters. The molecule has 0 bridgehead atoms. The second-order valence-electron chi connectivity index (χ2n) is 34.1. The Bertz CT molecular complexity index is 5580. The van der Waals surface area contributed by atoms with Crippen LogP contribution in [-0.4, -0.2) is 445 Å². The number of carbonyl (C=O) groups excluding carboxylic acids is 4. The van der Waals surface area contributed by atoms with E-state index >= 15 is 0 Å². The van der Waals surface area contributed by atoms with Crippen molar-refractivity contribution in [2.45, 2.75) is 256 Å². The van der Waals surface area contributed by atoms with Gasteiger partial charge in [-0.05, 0) is 94.0 Å². The Labute approximate surface area is 858 Å². The lowest BCUT2D eigenvalue weighted by Crippen LogP contribution is -2.70. The highest BCUT2D eigenvalue weighted by Gasteiger charge is 2.63. The molecule has 6 aliphatic heterocycles. The molecule has 0 saturated carbocycles. The maximum absolute atomic E-state index is 14.6. The highest BCUT2D eigenvalue weighted by Crippen LogP contribution is 2.43. The van der Waals surface area contributed by atoms with Crippen LogP contribution in [0.25, 0.3) is 0 Å². The number of hydrogen-bond acceptors (Lipinski definition) is 49. The minimum absolute atomic E-state index is 0.0197. The van der Waals surface area contributed by atoms with E-state index in [9.17, 15) is 125 Å². The number of nitrogens with two attached hydrogens (primary N) is 1. The number of carboxylic acids is 2. The van der Waals surface area contributed by atoms with Gasteiger partial charge in [0.05, 0.1) is 57.7 Å². The minimum Gasteiger partial charge on any atom is -0.496 e. The molecule has 2 aromatic rings. The normalized spacial score (nSPS) is 29.0. The van der Waals surface area contributed by atoms with E-state index in [2.05, 4.69) is 22.6 Å². The molecule has 0 radical (unpaired) electrons. The van der Waals surface area contributed by atoms with Crippen LogP contribution in [0.15, 0.2) is 35.2 Å². The van der Waals surface area contributed by atoms with Gasteiger partial charge in [-0.15, -0.1) is 0 Å². The van der Waals surface area contributed by atoms with Gasteiger partial charge in [0.15, 0.2) is 61.6 Å². The topological polar surface area (TPSA) is 839 Å². The number of piperidine rings is 1. The Morgan fingerprint density at radius 2 is 0.872 bits per heavy atom. The van der Waals surface area contributed by atoms with Gasteiger partial charge in [-0.1, -0.05) is 24.3 Å². The predicted molar refractivity (Wildman–Crippen MR) is 491 cm³/mol. The number of carboxylic acid groups (broad SMARTS) is 2. The van der Waals surface area contributed by atoms with Crippen LogP contribution < -0.4 is 20.5 Å². The zero-order valence-electron chi connectivity index (χ0n) is 82.3. The summed E-state index contributed by atoms with van der Waals surface area (Å²) in [5.41, 5.74) is 7.97. The van der Waals surface area contributed by atoms with Crippen LogP contribution in [0, 0.1) is 32.1 Å². The molecule has 6 fully saturated rings. The SMILES string of the molecule is COc1cc(C)c(S(=O)(=O)N[C@@H](CC(=O)NCCCC(=O)CCCOCCCOCOCCO[C@H]2[C@H](OC)[C@@H](OC)[C@@H](O[C@@H]3C(C(=O)O)O[C@@H](O[C@H]4[C@H](OS(=O)(=O)O)[C@@H](OS(=O)(=O)O)[C@@H](O[C@@H]5C(C(=O)O)O[C@@H](O[C@H]6[C@H](OC)[C@@H](OS(=O)(=O)O)[C@@H](OC)O[C@@H]6COS(=O)(=O)O)C(OC)[C@H]5OC)O[C@@H]4COS(=O)(=O)O)C(OC)[C@H]3OC)O[C@@H]2COS(=O)(=O)O)C(=O)C[C@H](Cc2ccc(C(=N)N)cc2)C(=O)N2CCCCC2)c(C)c1C. The first-order valence-corrected chi connectivity index (χ1v) is 55.0. The van der Waals surface area contributed by atoms with Crippen LogP contribution in [0.2, 0.25) is 0 Å². The first-order chi connectivity index (χ1) is 69.9. The molecule has 149 heavy (non-hydrogen) atoms. The quantitative estimate of drug-likeness (QED) is 0.0103. The number of nitrogens with one attached hydrogen (secondary N) is 3. The highest BCUT2D eigenvalue weighted by molar-refractivity contribution is 7.89. The van der Waals surface area contributed by atoms with Crippen molar-refractivity contribution in [3.8, 4) is 5.75 Å². The highest BCUT2D eigenvalue weighted by atomic mass is 32.3. The minimum atomic E-state index is -6.22. The van der Waals surface area contributed by atoms with Crippen LogP contribution in [0.1, 0.15) is 92.0 Å². The van der Waals surface area contributed by atoms with Gasteiger partial charge in [0.25, 0.3) is 0 Å². The van der Waals surface area contributed by atoms with Crippen molar-refractivity contribution in [1.29, 1.82) is 5.41 Å². The van der Waals surface area contributed by atoms with E-state index in [1.165, 1.54) is 7.11 Å². The fourth-order valence-corrected chi connectivity index (χ4v) is 21.5. The Morgan fingerprint density at radius 3 is 1.34 bits per heavy atom. The number of Topliss-reactive ketones (excluding diaryl/α,β-unsaturated/α-hetero) is 2. The molecule has 6 heterocycles. The fraction of sp³-hybridized carbons (Fsp3) is 0.765. The maximum atomic E-state index is 14.6. The zero-order chi connectivity index (χ0) is 111. The second-order valence-corrected chi connectivity index (χ2v) is 42.1. The standard InChI is InChI=1S/C81H127N5O56S7/c1-41-33-50(115-4)42(2)43(3)72(41)143(95,96)85-48(49(88)35-46(74(90)86-26-14-13-15-27-86)34-44-21-23-45(24-22-44)73(82)83)36-54(89)84-25-16-19-47(87)20-17-28-124-29-18-30-125-40-126-31-32-127-55-51(37-128-144(97,98)99)132-78(67(120-9)58(55)116-5)136-62-60(118-7)69(122-11)80(139-65(62)75(91)92)135-57-53(39-130-146(103,104)105)133-81(71(142-149(112,113)114)64(57)140-147(106,107)108)137-63-61(119-8)68(121-10)79(138-66(63)76(93)94)134-56-52(38-129-145(100,101)102)131-77(123-12)70(59(56)117-6)141-148(109,110)111/h21-24,33,46,48,51-53,55-71,77-81,85H,13-20,25-32,34-40H2,1-12H3,(H3,82,83)(H,84,89)(H,91,92)(H,93,94)(H,97,98,99)(H,100,101,102)(H,103,104,105)(H,106,107,108)(H,109,110,111)(H,112,113,114)/t46-,48-,51+,52+,53+,55+,56+,57+,58-,59-,60-,61-,62-,63-,64-,65?,66?,67+,68?,69?,70+,71+,77-,78+,79+,80+,81+/m0/s1. The van der Waals surface area contributed by atoms with Crippen molar-refractivity contribution in [2.24, 2.45) is 11.7 Å². The third kappa shape index (κ3) is 38.0. The molecule has 6 aliphatic rings. The molecule has 2 aromatic carbocycles. The van der Waals surface area contributed by atoms with Gasteiger partial charge in [0, 0.05) is 127 Å².